The number of ether oxygens (including phenoxy) is 1. The van der Waals surface area contributed by atoms with Gasteiger partial charge in [-0.15, -0.1) is 5.10 Å². The number of alkyl halides is 1. The lowest BCUT2D eigenvalue weighted by Gasteiger charge is -2.36. The van der Waals surface area contributed by atoms with Crippen molar-refractivity contribution in [2.45, 2.75) is 44.9 Å². The Morgan fingerprint density at radius 3 is 2.83 bits per heavy atom. The number of carbonyl (C=O) groups is 2. The molecule has 1 saturated heterocycles. The highest BCUT2D eigenvalue weighted by Crippen LogP contribution is 2.28. The SMILES string of the molecule is CC(C)(C)OC(=O)N1CCCC(F)(C(=O)Nc2cn(-c3cccc(C#N)c3)nn2)C1. The number of aromatic nitrogens is 3. The molecule has 1 aliphatic heterocycles. The normalized spacial score (nSPS) is 19.1. The van der Waals surface area contributed by atoms with Gasteiger partial charge in [0, 0.05) is 6.54 Å². The lowest BCUT2D eigenvalue weighted by molar-refractivity contribution is -0.130. The van der Waals surface area contributed by atoms with Gasteiger partial charge in [-0.05, 0) is 51.8 Å². The maximum absolute atomic E-state index is 15.4. The Morgan fingerprint density at radius 2 is 2.13 bits per heavy atom. The first kappa shape index (κ1) is 21.2. The van der Waals surface area contributed by atoms with Gasteiger partial charge >= 0.3 is 6.09 Å². The van der Waals surface area contributed by atoms with Crippen LogP contribution in [0.1, 0.15) is 39.2 Å². The van der Waals surface area contributed by atoms with Crippen molar-refractivity contribution < 1.29 is 18.7 Å². The molecule has 2 aromatic rings. The van der Waals surface area contributed by atoms with Gasteiger partial charge in [0.15, 0.2) is 5.82 Å². The molecule has 0 bridgehead atoms. The molecule has 9 nitrogen and oxygen atoms in total. The highest BCUT2D eigenvalue weighted by molar-refractivity contribution is 5.97. The number of halogens is 1. The van der Waals surface area contributed by atoms with Gasteiger partial charge in [0.2, 0.25) is 5.67 Å². The molecular weight excluding hydrogens is 391 g/mol. The van der Waals surface area contributed by atoms with Crippen molar-refractivity contribution >= 4 is 17.8 Å². The number of benzene rings is 1. The third kappa shape index (κ3) is 4.92. The molecule has 1 unspecified atom stereocenters. The van der Waals surface area contributed by atoms with Gasteiger partial charge in [-0.1, -0.05) is 11.3 Å². The molecule has 1 atom stereocenters. The number of nitrogens with zero attached hydrogens (tertiary/aromatic N) is 5. The van der Waals surface area contributed by atoms with E-state index in [4.69, 9.17) is 10.00 Å². The van der Waals surface area contributed by atoms with E-state index in [9.17, 15) is 9.59 Å². The van der Waals surface area contributed by atoms with Crippen LogP contribution in [0.3, 0.4) is 0 Å². The largest absolute Gasteiger partial charge is 0.444 e. The summed E-state index contributed by atoms with van der Waals surface area (Å²) in [4.78, 5) is 26.1. The van der Waals surface area contributed by atoms with E-state index in [0.29, 0.717) is 24.2 Å². The molecule has 1 aromatic carbocycles. The highest BCUT2D eigenvalue weighted by atomic mass is 19.1. The maximum Gasteiger partial charge on any atom is 0.410 e. The lowest BCUT2D eigenvalue weighted by atomic mass is 9.94. The second-order valence-corrected chi connectivity index (χ2v) is 8.14. The van der Waals surface area contributed by atoms with Crippen LogP contribution in [0.5, 0.6) is 0 Å². The van der Waals surface area contributed by atoms with Gasteiger partial charge in [0.25, 0.3) is 5.91 Å². The number of nitriles is 1. The molecule has 1 fully saturated rings. The van der Waals surface area contributed by atoms with E-state index in [0.717, 1.165) is 0 Å². The number of rotatable bonds is 3. The summed E-state index contributed by atoms with van der Waals surface area (Å²) in [5, 5.41) is 19.2. The monoisotopic (exact) mass is 414 g/mol. The third-order valence-corrected chi connectivity index (χ3v) is 4.48. The standard InChI is InChI=1S/C20H23FN6O3/c1-19(2,3)30-18(29)26-9-5-8-20(21,13-26)17(28)23-16-12-27(25-24-16)15-7-4-6-14(10-15)11-22/h4,6-7,10,12H,5,8-9,13H2,1-3H3,(H,23,28). The Kier molecular flexibility index (Phi) is 5.73. The van der Waals surface area contributed by atoms with Crippen LogP contribution < -0.4 is 5.32 Å². The first-order valence-electron chi connectivity index (χ1n) is 9.51. The van der Waals surface area contributed by atoms with E-state index >= 15 is 4.39 Å². The fourth-order valence-electron chi connectivity index (χ4n) is 3.07. The van der Waals surface area contributed by atoms with Crippen LogP contribution in [0.25, 0.3) is 5.69 Å². The number of piperidine rings is 1. The lowest BCUT2D eigenvalue weighted by Crippen LogP contribution is -2.54. The van der Waals surface area contributed by atoms with E-state index in [-0.39, 0.29) is 12.2 Å². The second-order valence-electron chi connectivity index (χ2n) is 8.14. The van der Waals surface area contributed by atoms with Crippen molar-refractivity contribution in [2.24, 2.45) is 0 Å². The molecule has 3 rings (SSSR count). The van der Waals surface area contributed by atoms with Crippen LogP contribution in [0.4, 0.5) is 15.0 Å². The summed E-state index contributed by atoms with van der Waals surface area (Å²) in [7, 11) is 0. The van der Waals surface area contributed by atoms with E-state index < -0.39 is 29.8 Å². The van der Waals surface area contributed by atoms with E-state index in [1.165, 1.54) is 15.8 Å². The summed E-state index contributed by atoms with van der Waals surface area (Å²) in [6.45, 7) is 5.09. The van der Waals surface area contributed by atoms with Crippen LogP contribution in [0.15, 0.2) is 30.5 Å². The van der Waals surface area contributed by atoms with Crippen molar-refractivity contribution in [3.63, 3.8) is 0 Å². The van der Waals surface area contributed by atoms with Gasteiger partial charge < -0.3 is 15.0 Å². The molecule has 1 N–H and O–H groups in total. The Morgan fingerprint density at radius 1 is 1.37 bits per heavy atom. The zero-order chi connectivity index (χ0) is 21.9. The zero-order valence-electron chi connectivity index (χ0n) is 17.1. The fraction of sp³-hybridized carbons (Fsp3) is 0.450. The molecule has 2 heterocycles. The molecular formula is C20H23FN6O3. The topological polar surface area (TPSA) is 113 Å². The van der Waals surface area contributed by atoms with Crippen molar-refractivity contribution in [2.75, 3.05) is 18.4 Å². The predicted molar refractivity (Wildman–Crippen MR) is 106 cm³/mol. The van der Waals surface area contributed by atoms with Crippen molar-refractivity contribution in [3.05, 3.63) is 36.0 Å². The quantitative estimate of drug-likeness (QED) is 0.826. The minimum absolute atomic E-state index is 0.0174. The van der Waals surface area contributed by atoms with Crippen LogP contribution in [0.2, 0.25) is 0 Å². The average molecular weight is 414 g/mol. The molecule has 10 heteroatoms. The van der Waals surface area contributed by atoms with E-state index in [1.54, 1.807) is 45.0 Å². The Hall–Kier alpha value is -3.48. The van der Waals surface area contributed by atoms with Crippen molar-refractivity contribution in [1.29, 1.82) is 5.26 Å². The van der Waals surface area contributed by atoms with Gasteiger partial charge in [0.05, 0.1) is 30.1 Å². The van der Waals surface area contributed by atoms with E-state index in [2.05, 4.69) is 15.6 Å². The first-order valence-corrected chi connectivity index (χ1v) is 9.51. The van der Waals surface area contributed by atoms with Gasteiger partial charge in [-0.25, -0.2) is 13.9 Å². The molecule has 1 aromatic heterocycles. The van der Waals surface area contributed by atoms with Gasteiger partial charge in [-0.3, -0.25) is 4.79 Å². The summed E-state index contributed by atoms with van der Waals surface area (Å²) in [6, 6.07) is 8.70. The van der Waals surface area contributed by atoms with Gasteiger partial charge in [-0.2, -0.15) is 5.26 Å². The zero-order valence-corrected chi connectivity index (χ0v) is 17.1. The highest BCUT2D eigenvalue weighted by Gasteiger charge is 2.45. The Balaban J connectivity index is 1.68. The summed E-state index contributed by atoms with van der Waals surface area (Å²) < 4.78 is 22.0. The van der Waals surface area contributed by atoms with Crippen LogP contribution in [0, 0.1) is 11.3 Å². The molecule has 2 amide bonds. The minimum atomic E-state index is -2.26. The summed E-state index contributed by atoms with van der Waals surface area (Å²) >= 11 is 0. The number of amides is 2. The first-order chi connectivity index (χ1) is 14.1. The molecule has 30 heavy (non-hydrogen) atoms. The molecule has 0 radical (unpaired) electrons. The van der Waals surface area contributed by atoms with E-state index in [1.807, 2.05) is 6.07 Å². The predicted octanol–water partition coefficient (Wildman–Crippen LogP) is 2.82. The Bertz CT molecular complexity index is 993. The average Bonchev–Trinajstić information content (AvgIpc) is 3.15. The third-order valence-electron chi connectivity index (χ3n) is 4.48. The number of anilines is 1. The molecule has 1 aliphatic rings. The van der Waals surface area contributed by atoms with Crippen LogP contribution in [-0.2, 0) is 9.53 Å². The summed E-state index contributed by atoms with van der Waals surface area (Å²) in [6.07, 6.45) is 1.08. The minimum Gasteiger partial charge on any atom is -0.444 e. The number of likely N-dealkylation sites (tertiary alicyclic amines) is 1. The molecule has 0 saturated carbocycles. The fourth-order valence-corrected chi connectivity index (χ4v) is 3.07. The van der Waals surface area contributed by atoms with Crippen LogP contribution in [-0.4, -0.2) is 56.3 Å². The van der Waals surface area contributed by atoms with Crippen molar-refractivity contribution in [3.8, 4) is 11.8 Å². The number of carbonyl (C=O) groups excluding carboxylic acids is 2. The molecule has 0 aliphatic carbocycles. The Labute approximate surface area is 173 Å². The number of hydrogen-bond donors (Lipinski definition) is 1. The molecule has 158 valence electrons. The number of hydrogen-bond acceptors (Lipinski definition) is 6. The van der Waals surface area contributed by atoms with Crippen molar-refractivity contribution in [1.82, 2.24) is 19.9 Å². The smallest absolute Gasteiger partial charge is 0.410 e. The second kappa shape index (κ2) is 8.10. The summed E-state index contributed by atoms with van der Waals surface area (Å²) in [5.74, 6) is -0.831. The van der Waals surface area contributed by atoms with Gasteiger partial charge in [0.1, 0.15) is 5.60 Å². The number of nitrogens with one attached hydrogen (secondary N) is 1. The van der Waals surface area contributed by atoms with Crippen LogP contribution >= 0.6 is 0 Å². The molecule has 0 spiro atoms. The maximum atomic E-state index is 15.4. The summed E-state index contributed by atoms with van der Waals surface area (Å²) in [5.41, 5.74) is -1.96.